The second kappa shape index (κ2) is 7.08. The van der Waals surface area contributed by atoms with Crippen LogP contribution in [0, 0.1) is 0 Å². The van der Waals surface area contributed by atoms with Gasteiger partial charge in [0.05, 0.1) is 17.3 Å². The zero-order valence-corrected chi connectivity index (χ0v) is 17.1. The van der Waals surface area contributed by atoms with Crippen molar-refractivity contribution in [1.29, 1.82) is 0 Å². The molecule has 0 spiro atoms. The fraction of sp³-hybridized carbons (Fsp3) is 0.278. The van der Waals surface area contributed by atoms with Crippen LogP contribution in [0.4, 0.5) is 5.95 Å². The van der Waals surface area contributed by atoms with Gasteiger partial charge in [0, 0.05) is 42.7 Å². The maximum Gasteiger partial charge on any atom is 0.243 e. The van der Waals surface area contributed by atoms with Crippen LogP contribution < -0.4 is 16.0 Å². The predicted molar refractivity (Wildman–Crippen MR) is 111 cm³/mol. The first kappa shape index (κ1) is 18.0. The number of nitrogens with zero attached hydrogens (tertiary/aromatic N) is 6. The number of amides is 1. The van der Waals surface area contributed by atoms with Gasteiger partial charge in [-0.2, -0.15) is 9.61 Å². The number of hydrogen-bond acceptors (Lipinski definition) is 7. The summed E-state index contributed by atoms with van der Waals surface area (Å²) in [6, 6.07) is 5.34. The quantitative estimate of drug-likeness (QED) is 0.421. The topological polar surface area (TPSA) is 114 Å². The average Bonchev–Trinajstić information content (AvgIpc) is 3.29. The van der Waals surface area contributed by atoms with Crippen molar-refractivity contribution in [2.75, 3.05) is 25.0 Å². The second-order valence-electron chi connectivity index (χ2n) is 6.84. The number of carbonyl (C=O) groups is 1. The summed E-state index contributed by atoms with van der Waals surface area (Å²) in [5.74, 6) is 0.912. The maximum absolute atomic E-state index is 12.4. The first-order valence-corrected chi connectivity index (χ1v) is 9.98. The van der Waals surface area contributed by atoms with Gasteiger partial charge in [-0.25, -0.2) is 9.97 Å². The minimum Gasteiger partial charge on any atom is -0.353 e. The van der Waals surface area contributed by atoms with E-state index in [9.17, 15) is 4.79 Å². The summed E-state index contributed by atoms with van der Waals surface area (Å²) in [5.41, 5.74) is 2.20. The normalized spacial score (nSPS) is 17.4. The summed E-state index contributed by atoms with van der Waals surface area (Å²) in [6.45, 7) is 1.81. The maximum atomic E-state index is 12.4. The van der Waals surface area contributed by atoms with Crippen LogP contribution in [0.15, 0.2) is 35.1 Å². The van der Waals surface area contributed by atoms with E-state index < -0.39 is 6.04 Å². The first-order chi connectivity index (χ1) is 14.1. The van der Waals surface area contributed by atoms with Crippen molar-refractivity contribution < 1.29 is 4.79 Å². The molecule has 5 rings (SSSR count). The molecule has 0 aliphatic carbocycles. The number of aryl methyl sites for hydroxylation is 1. The molecule has 0 saturated carbocycles. The Hall–Kier alpha value is -3.05. The number of nitrogens with one attached hydrogen (secondary N) is 3. The Morgan fingerprint density at radius 3 is 3.00 bits per heavy atom. The van der Waals surface area contributed by atoms with Crippen molar-refractivity contribution >= 4 is 44.3 Å². The van der Waals surface area contributed by atoms with Crippen LogP contribution in [-0.2, 0) is 11.8 Å². The highest BCUT2D eigenvalue weighted by Gasteiger charge is 2.24. The van der Waals surface area contributed by atoms with Gasteiger partial charge in [0.25, 0.3) is 0 Å². The van der Waals surface area contributed by atoms with Gasteiger partial charge in [-0.1, -0.05) is 6.07 Å². The molecule has 0 bridgehead atoms. The number of fused-ring (bicyclic) bond motifs is 3. The van der Waals surface area contributed by atoms with Crippen LogP contribution in [-0.4, -0.2) is 60.9 Å². The lowest BCUT2D eigenvalue weighted by molar-refractivity contribution is -0.121. The predicted octanol–water partition coefficient (Wildman–Crippen LogP) is 0.940. The van der Waals surface area contributed by atoms with Crippen LogP contribution in [0.1, 0.15) is 0 Å². The second-order valence-corrected chi connectivity index (χ2v) is 7.69. The minimum atomic E-state index is -0.473. The number of rotatable bonds is 3. The lowest BCUT2D eigenvalue weighted by Crippen LogP contribution is -2.42. The summed E-state index contributed by atoms with van der Waals surface area (Å²) >= 11 is 3.57. The highest BCUT2D eigenvalue weighted by molar-refractivity contribution is 9.10. The van der Waals surface area contributed by atoms with E-state index in [1.807, 2.05) is 31.4 Å². The molecule has 1 atom stereocenters. The smallest absolute Gasteiger partial charge is 0.243 e. The van der Waals surface area contributed by atoms with E-state index in [2.05, 4.69) is 42.1 Å². The van der Waals surface area contributed by atoms with E-state index in [1.54, 1.807) is 15.4 Å². The molecule has 1 aromatic carbocycles. The molecule has 29 heavy (non-hydrogen) atoms. The molecule has 4 aromatic rings. The molecule has 4 heterocycles. The van der Waals surface area contributed by atoms with E-state index in [-0.39, 0.29) is 5.91 Å². The molecule has 0 radical (unpaired) electrons. The molecule has 148 valence electrons. The Morgan fingerprint density at radius 2 is 2.17 bits per heavy atom. The van der Waals surface area contributed by atoms with Crippen LogP contribution in [0.3, 0.4) is 0 Å². The molecule has 1 aliphatic heterocycles. The number of hydrogen-bond donors (Lipinski definition) is 3. The van der Waals surface area contributed by atoms with Crippen molar-refractivity contribution in [2.45, 2.75) is 6.04 Å². The van der Waals surface area contributed by atoms with E-state index in [1.165, 1.54) is 0 Å². The molecule has 10 nitrogen and oxygen atoms in total. The highest BCUT2D eigenvalue weighted by atomic mass is 79.9. The van der Waals surface area contributed by atoms with E-state index >= 15 is 0 Å². The van der Waals surface area contributed by atoms with Crippen LogP contribution >= 0.6 is 15.9 Å². The standard InChI is InChI=1S/C18H18BrN9O/c1-27-9-10(7-22-27)15-25-16-11-3-2-4-12(19)14(11)24-18(28(16)26-15)23-13-8-20-5-6-21-17(13)29/h2-4,7,9,13,20H,5-6,8H2,1H3,(H,21,29)(H,23,24)/t13-/m0/s1. The Kier molecular flexibility index (Phi) is 4.40. The van der Waals surface area contributed by atoms with Crippen molar-refractivity contribution in [2.24, 2.45) is 7.05 Å². The summed E-state index contributed by atoms with van der Waals surface area (Å²) < 4.78 is 4.19. The minimum absolute atomic E-state index is 0.0789. The lowest BCUT2D eigenvalue weighted by atomic mass is 10.2. The summed E-state index contributed by atoms with van der Waals surface area (Å²) in [5, 5.41) is 19.1. The average molecular weight is 456 g/mol. The van der Waals surface area contributed by atoms with Crippen LogP contribution in [0.5, 0.6) is 0 Å². The molecule has 0 unspecified atom stereocenters. The molecule has 1 fully saturated rings. The Labute approximate surface area is 173 Å². The number of carbonyl (C=O) groups excluding carboxylic acids is 1. The fourth-order valence-electron chi connectivity index (χ4n) is 3.36. The molecular formula is C18H18BrN9O. The zero-order chi connectivity index (χ0) is 20.0. The SMILES string of the molecule is Cn1cc(-c2nc3c4cccc(Br)c4nc(N[C@H]4CNCCNC4=O)n3n2)cn1. The van der Waals surface area contributed by atoms with Gasteiger partial charge < -0.3 is 16.0 Å². The van der Waals surface area contributed by atoms with Crippen molar-refractivity contribution in [3.8, 4) is 11.4 Å². The van der Waals surface area contributed by atoms with Gasteiger partial charge in [0.2, 0.25) is 11.9 Å². The van der Waals surface area contributed by atoms with Gasteiger partial charge in [-0.3, -0.25) is 9.48 Å². The fourth-order valence-corrected chi connectivity index (χ4v) is 3.81. The first-order valence-electron chi connectivity index (χ1n) is 9.19. The summed E-state index contributed by atoms with van der Waals surface area (Å²) in [6.07, 6.45) is 3.58. The molecule has 3 N–H and O–H groups in total. The van der Waals surface area contributed by atoms with E-state index in [0.29, 0.717) is 30.5 Å². The van der Waals surface area contributed by atoms with Crippen molar-refractivity contribution in [3.63, 3.8) is 0 Å². The number of halogens is 1. The van der Waals surface area contributed by atoms with Crippen molar-refractivity contribution in [1.82, 2.24) is 40.0 Å². The number of anilines is 1. The highest BCUT2D eigenvalue weighted by Crippen LogP contribution is 2.28. The Balaban J connectivity index is 1.69. The third-order valence-corrected chi connectivity index (χ3v) is 5.43. The Bertz CT molecular complexity index is 1230. The zero-order valence-electron chi connectivity index (χ0n) is 15.6. The molecule has 1 aliphatic rings. The van der Waals surface area contributed by atoms with Gasteiger partial charge >= 0.3 is 0 Å². The molecule has 1 saturated heterocycles. The number of aromatic nitrogens is 6. The molecule has 11 heteroatoms. The molecule has 3 aromatic heterocycles. The van der Waals surface area contributed by atoms with Gasteiger partial charge in [0.15, 0.2) is 11.5 Å². The number of para-hydroxylation sites is 1. The number of benzene rings is 1. The lowest BCUT2D eigenvalue weighted by Gasteiger charge is -2.17. The molecular weight excluding hydrogens is 438 g/mol. The van der Waals surface area contributed by atoms with Crippen molar-refractivity contribution in [3.05, 3.63) is 35.1 Å². The largest absolute Gasteiger partial charge is 0.353 e. The van der Waals surface area contributed by atoms with Gasteiger partial charge in [-0.15, -0.1) is 5.10 Å². The van der Waals surface area contributed by atoms with E-state index in [0.717, 1.165) is 27.5 Å². The summed E-state index contributed by atoms with van der Waals surface area (Å²) in [7, 11) is 1.85. The summed E-state index contributed by atoms with van der Waals surface area (Å²) in [4.78, 5) is 21.9. The van der Waals surface area contributed by atoms with Gasteiger partial charge in [0.1, 0.15) is 6.04 Å². The Morgan fingerprint density at radius 1 is 1.28 bits per heavy atom. The van der Waals surface area contributed by atoms with E-state index in [4.69, 9.17) is 9.97 Å². The molecule has 1 amide bonds. The van der Waals surface area contributed by atoms with Crippen LogP contribution in [0.2, 0.25) is 0 Å². The third-order valence-electron chi connectivity index (χ3n) is 4.79. The third kappa shape index (κ3) is 3.21. The van der Waals surface area contributed by atoms with Gasteiger partial charge in [-0.05, 0) is 28.1 Å². The van der Waals surface area contributed by atoms with Crippen LogP contribution in [0.25, 0.3) is 27.9 Å². The monoisotopic (exact) mass is 455 g/mol.